The van der Waals surface area contributed by atoms with Crippen molar-refractivity contribution in [2.45, 2.75) is 6.42 Å². The number of amides is 1. The summed E-state index contributed by atoms with van der Waals surface area (Å²) in [4.78, 5) is 14.9. The number of aliphatic hydroxyl groups excluding tert-OH is 1. The minimum absolute atomic E-state index is 0.0419. The molecule has 0 aliphatic carbocycles. The van der Waals surface area contributed by atoms with E-state index in [0.29, 0.717) is 16.3 Å². The summed E-state index contributed by atoms with van der Waals surface area (Å²) in [6, 6.07) is 13.1. The normalized spacial score (nSPS) is 16.7. The number of nitrogens with one attached hydrogen (secondary N) is 1. The van der Waals surface area contributed by atoms with E-state index < -0.39 is 5.91 Å². The van der Waals surface area contributed by atoms with Crippen LogP contribution in [0.15, 0.2) is 47.0 Å². The highest BCUT2D eigenvalue weighted by Gasteiger charge is 2.31. The third-order valence-corrected chi connectivity index (χ3v) is 5.73. The summed E-state index contributed by atoms with van der Waals surface area (Å²) in [5.74, 6) is -0.516. The summed E-state index contributed by atoms with van der Waals surface area (Å²) >= 11 is 6.51. The Morgan fingerprint density at radius 3 is 2.60 bits per heavy atom. The number of rotatable bonds is 4. The summed E-state index contributed by atoms with van der Waals surface area (Å²) in [7, 11) is 1.44. The van der Waals surface area contributed by atoms with Crippen molar-refractivity contribution in [2.75, 3.05) is 30.4 Å². The van der Waals surface area contributed by atoms with Gasteiger partial charge in [-0.3, -0.25) is 4.79 Å². The van der Waals surface area contributed by atoms with Gasteiger partial charge >= 0.3 is 0 Å². The Labute approximate surface area is 177 Å². The largest absolute Gasteiger partial charge is 0.504 e. The van der Waals surface area contributed by atoms with Gasteiger partial charge in [-0.2, -0.15) is 0 Å². The number of anilines is 2. The Balaban J connectivity index is 1.57. The topological polar surface area (TPSA) is 87.8 Å². The molecule has 0 radical (unpaired) electrons. The van der Waals surface area contributed by atoms with Crippen molar-refractivity contribution in [1.29, 1.82) is 0 Å². The van der Waals surface area contributed by atoms with Gasteiger partial charge in [0.15, 0.2) is 5.76 Å². The highest BCUT2D eigenvalue weighted by Crippen LogP contribution is 2.42. The molecule has 2 aliphatic rings. The van der Waals surface area contributed by atoms with Gasteiger partial charge in [0.2, 0.25) is 5.76 Å². The minimum atomic E-state index is -0.445. The maximum absolute atomic E-state index is 12.6. The number of methoxy groups -OCH3 is 1. The fraction of sp³-hybridized carbons (Fsp3) is 0.182. The van der Waals surface area contributed by atoms with Crippen LogP contribution in [0.25, 0.3) is 22.5 Å². The number of nitrogens with zero attached hydrogens (tertiary/aromatic N) is 2. The number of aliphatic hydroxyl groups is 1. The molecule has 0 saturated carbocycles. The Hall–Kier alpha value is -3.45. The fourth-order valence-electron chi connectivity index (χ4n) is 3.66. The third kappa shape index (κ3) is 2.98. The van der Waals surface area contributed by atoms with Crippen LogP contribution in [0.5, 0.6) is 5.88 Å². The van der Waals surface area contributed by atoms with Crippen LogP contribution in [0.3, 0.4) is 0 Å². The second-order valence-electron chi connectivity index (χ2n) is 7.18. The number of halogens is 1. The van der Waals surface area contributed by atoms with Crippen molar-refractivity contribution in [3.8, 4) is 17.0 Å². The summed E-state index contributed by atoms with van der Waals surface area (Å²) in [5, 5.41) is 17.6. The number of fused-ring (bicyclic) bond motifs is 1. The molecule has 1 saturated heterocycles. The first-order valence-corrected chi connectivity index (χ1v) is 9.88. The molecule has 3 aromatic rings. The van der Waals surface area contributed by atoms with Crippen LogP contribution >= 0.6 is 11.6 Å². The molecular formula is C22H18ClN3O4. The summed E-state index contributed by atoms with van der Waals surface area (Å²) in [6.45, 7) is 2.15. The van der Waals surface area contributed by atoms with Gasteiger partial charge in [-0.1, -0.05) is 23.7 Å². The van der Waals surface area contributed by atoms with Crippen LogP contribution in [0.1, 0.15) is 17.7 Å². The molecule has 2 aromatic carbocycles. The molecular weight excluding hydrogens is 406 g/mol. The van der Waals surface area contributed by atoms with Crippen molar-refractivity contribution in [3.05, 3.63) is 58.8 Å². The smallest absolute Gasteiger partial charge is 0.260 e. The van der Waals surface area contributed by atoms with E-state index in [1.807, 2.05) is 12.1 Å². The van der Waals surface area contributed by atoms with Gasteiger partial charge in [-0.05, 0) is 41.4 Å². The lowest BCUT2D eigenvalue weighted by Gasteiger charge is -2.33. The number of ether oxygens (including phenoxy) is 1. The van der Waals surface area contributed by atoms with Gasteiger partial charge in [-0.15, -0.1) is 0 Å². The molecule has 152 valence electrons. The Bertz CT molecular complexity index is 1180. The van der Waals surface area contributed by atoms with Gasteiger partial charge in [0.25, 0.3) is 11.8 Å². The maximum Gasteiger partial charge on any atom is 0.260 e. The predicted molar refractivity (Wildman–Crippen MR) is 115 cm³/mol. The molecule has 8 heteroatoms. The number of carbonyl (C=O) groups is 1. The first-order valence-electron chi connectivity index (χ1n) is 9.50. The van der Waals surface area contributed by atoms with Gasteiger partial charge in [0.1, 0.15) is 0 Å². The highest BCUT2D eigenvalue weighted by molar-refractivity contribution is 6.38. The molecule has 30 heavy (non-hydrogen) atoms. The van der Waals surface area contributed by atoms with E-state index in [4.69, 9.17) is 20.9 Å². The molecule has 0 bridgehead atoms. The zero-order chi connectivity index (χ0) is 20.8. The SMILES string of the molecule is COc1cc(C(O)=C2C(=O)Nc3cc(Cl)c(-c4ccc(N5CCC5)cc4)cc32)on1. The van der Waals surface area contributed by atoms with E-state index in [1.165, 1.54) is 25.3 Å². The molecule has 0 spiro atoms. The standard InChI is InChI=1S/C22H18ClN3O4/c1-29-19-11-18(30-25-19)21(27)20-15-9-14(16(23)10-17(15)24-22(20)28)12-3-5-13(6-4-12)26-7-2-8-26/h3-6,9-11,27H,2,7-8H2,1H3,(H,24,28). The highest BCUT2D eigenvalue weighted by atomic mass is 35.5. The van der Waals surface area contributed by atoms with E-state index in [-0.39, 0.29) is 23.0 Å². The maximum atomic E-state index is 12.6. The van der Waals surface area contributed by atoms with Crippen LogP contribution < -0.4 is 15.0 Å². The molecule has 1 amide bonds. The predicted octanol–water partition coefficient (Wildman–Crippen LogP) is 4.59. The van der Waals surface area contributed by atoms with E-state index in [2.05, 4.69) is 27.5 Å². The number of aromatic nitrogens is 1. The zero-order valence-corrected chi connectivity index (χ0v) is 16.9. The molecule has 7 nitrogen and oxygen atoms in total. The second-order valence-corrected chi connectivity index (χ2v) is 7.58. The van der Waals surface area contributed by atoms with Crippen LogP contribution in [-0.4, -0.2) is 36.4 Å². The van der Waals surface area contributed by atoms with Gasteiger partial charge < -0.3 is 24.6 Å². The molecule has 1 aromatic heterocycles. The minimum Gasteiger partial charge on any atom is -0.504 e. The van der Waals surface area contributed by atoms with Crippen LogP contribution in [0, 0.1) is 0 Å². The molecule has 3 heterocycles. The van der Waals surface area contributed by atoms with Crippen molar-refractivity contribution in [3.63, 3.8) is 0 Å². The van der Waals surface area contributed by atoms with E-state index in [1.54, 1.807) is 12.1 Å². The Kier molecular flexibility index (Phi) is 4.40. The third-order valence-electron chi connectivity index (χ3n) is 5.42. The lowest BCUT2D eigenvalue weighted by atomic mass is 9.98. The van der Waals surface area contributed by atoms with Crippen LogP contribution in [-0.2, 0) is 4.79 Å². The molecule has 2 N–H and O–H groups in total. The first kappa shape index (κ1) is 18.6. The number of carbonyl (C=O) groups excluding carboxylic acids is 1. The van der Waals surface area contributed by atoms with Crippen molar-refractivity contribution < 1.29 is 19.2 Å². The molecule has 5 rings (SSSR count). The lowest BCUT2D eigenvalue weighted by molar-refractivity contribution is -0.110. The summed E-state index contributed by atoms with van der Waals surface area (Å²) in [5.41, 5.74) is 4.03. The molecule has 0 unspecified atom stereocenters. The molecule has 2 aliphatic heterocycles. The van der Waals surface area contributed by atoms with E-state index in [0.717, 1.165) is 24.2 Å². The monoisotopic (exact) mass is 423 g/mol. The average Bonchev–Trinajstić information content (AvgIpc) is 3.30. The Morgan fingerprint density at radius 1 is 1.20 bits per heavy atom. The second kappa shape index (κ2) is 7.11. The zero-order valence-electron chi connectivity index (χ0n) is 16.1. The van der Waals surface area contributed by atoms with Gasteiger partial charge in [-0.25, -0.2) is 0 Å². The van der Waals surface area contributed by atoms with Gasteiger partial charge in [0.05, 0.1) is 29.5 Å². The quantitative estimate of drug-likeness (QED) is 0.471. The van der Waals surface area contributed by atoms with Crippen molar-refractivity contribution in [2.24, 2.45) is 0 Å². The van der Waals surface area contributed by atoms with Crippen molar-refractivity contribution >= 4 is 40.2 Å². The van der Waals surface area contributed by atoms with Crippen LogP contribution in [0.2, 0.25) is 5.02 Å². The van der Waals surface area contributed by atoms with E-state index in [9.17, 15) is 9.90 Å². The van der Waals surface area contributed by atoms with E-state index >= 15 is 0 Å². The molecule has 1 fully saturated rings. The Morgan fingerprint density at radius 2 is 1.97 bits per heavy atom. The lowest BCUT2D eigenvalue weighted by Crippen LogP contribution is -2.36. The number of hydrogen-bond donors (Lipinski definition) is 2. The number of benzene rings is 2. The van der Waals surface area contributed by atoms with Gasteiger partial charge in [0, 0.05) is 29.9 Å². The first-order chi connectivity index (χ1) is 14.5. The average molecular weight is 424 g/mol. The van der Waals surface area contributed by atoms with Crippen molar-refractivity contribution in [1.82, 2.24) is 5.16 Å². The number of hydrogen-bond acceptors (Lipinski definition) is 6. The molecule has 0 atom stereocenters. The summed E-state index contributed by atoms with van der Waals surface area (Å²) in [6.07, 6.45) is 1.22. The summed E-state index contributed by atoms with van der Waals surface area (Å²) < 4.78 is 10.1. The van der Waals surface area contributed by atoms with Crippen LogP contribution in [0.4, 0.5) is 11.4 Å². The fourth-order valence-corrected chi connectivity index (χ4v) is 3.94.